The van der Waals surface area contributed by atoms with Gasteiger partial charge < -0.3 is 14.7 Å². The summed E-state index contributed by atoms with van der Waals surface area (Å²) in [6.45, 7) is 0.472. The Balaban J connectivity index is 2.07. The number of methoxy groups -OCH3 is 1. The quantitative estimate of drug-likeness (QED) is 0.448. The van der Waals surface area contributed by atoms with Crippen molar-refractivity contribution in [3.05, 3.63) is 59.2 Å². The summed E-state index contributed by atoms with van der Waals surface area (Å²) in [5.41, 5.74) is -4.67. The van der Waals surface area contributed by atoms with Crippen LogP contribution in [0.15, 0.2) is 42.5 Å². The molecule has 0 aromatic heterocycles. The Morgan fingerprint density at radius 1 is 0.944 bits per heavy atom. The summed E-state index contributed by atoms with van der Waals surface area (Å²) >= 11 is 0. The number of halogens is 6. The molecule has 1 aliphatic rings. The monoisotopic (exact) mass is 516 g/mol. The fourth-order valence-electron chi connectivity index (χ4n) is 4.01. The molecule has 1 aliphatic heterocycles. The van der Waals surface area contributed by atoms with Gasteiger partial charge in [0.15, 0.2) is 0 Å². The maximum atomic E-state index is 14.0. The molecule has 3 rings (SSSR count). The van der Waals surface area contributed by atoms with Gasteiger partial charge in [0.2, 0.25) is 5.91 Å². The molecule has 1 heterocycles. The van der Waals surface area contributed by atoms with E-state index in [1.165, 1.54) is 30.2 Å². The van der Waals surface area contributed by atoms with Crippen LogP contribution in [0.5, 0.6) is 5.75 Å². The van der Waals surface area contributed by atoms with Crippen LogP contribution >= 0.6 is 0 Å². The van der Waals surface area contributed by atoms with Crippen molar-refractivity contribution in [1.29, 1.82) is 0 Å². The number of carboxylic acids is 1. The maximum absolute atomic E-state index is 14.0. The predicted octanol–water partition coefficient (Wildman–Crippen LogP) is 4.64. The molecule has 36 heavy (non-hydrogen) atoms. The number of carbonyl (C=O) groups is 2. The van der Waals surface area contributed by atoms with Gasteiger partial charge in [-0.05, 0) is 29.3 Å². The maximum Gasteiger partial charge on any atom is 0.417 e. The first-order valence-electron chi connectivity index (χ1n) is 10.7. The molecule has 2 aromatic rings. The lowest BCUT2D eigenvalue weighted by atomic mass is 9.90. The normalized spacial score (nSPS) is 15.4. The Bertz CT molecular complexity index is 1150. The number of piperazine rings is 1. The molecule has 1 saturated heterocycles. The Morgan fingerprint density at radius 3 is 2.14 bits per heavy atom. The topological polar surface area (TPSA) is 70.1 Å². The van der Waals surface area contributed by atoms with Crippen LogP contribution in [-0.2, 0) is 21.9 Å². The third-order valence-corrected chi connectivity index (χ3v) is 5.67. The van der Waals surface area contributed by atoms with E-state index in [-0.39, 0.29) is 49.6 Å². The molecule has 1 N–H and O–H groups in total. The second kappa shape index (κ2) is 10.6. The van der Waals surface area contributed by atoms with E-state index in [1.807, 2.05) is 0 Å². The first-order chi connectivity index (χ1) is 16.8. The van der Waals surface area contributed by atoms with Crippen LogP contribution in [0.25, 0.3) is 17.2 Å². The molecule has 0 atom stereocenters. The summed E-state index contributed by atoms with van der Waals surface area (Å²) in [7, 11) is 1.27. The standard InChI is InChI=1S/C24H22F6N2O4/c1-36-19-5-3-2-4-16(19)15-6-8-18(23(25,26)27)22(24(28,29)30)17(15)7-9-20(33)32-12-10-31(11-13-32)14-21(34)35/h2-9H,10-14H2,1H3,(H,34,35)/b9-7+. The van der Waals surface area contributed by atoms with Gasteiger partial charge in [-0.25, -0.2) is 0 Å². The number of alkyl halides is 6. The van der Waals surface area contributed by atoms with Crippen LogP contribution in [0.1, 0.15) is 16.7 Å². The molecule has 0 unspecified atom stereocenters. The second-order valence-electron chi connectivity index (χ2n) is 7.97. The summed E-state index contributed by atoms with van der Waals surface area (Å²) in [5, 5.41) is 8.87. The van der Waals surface area contributed by atoms with Crippen molar-refractivity contribution in [2.45, 2.75) is 12.4 Å². The number of benzene rings is 2. The lowest BCUT2D eigenvalue weighted by Crippen LogP contribution is -2.49. The van der Waals surface area contributed by atoms with Crippen LogP contribution in [0.3, 0.4) is 0 Å². The summed E-state index contributed by atoms with van der Waals surface area (Å²) in [4.78, 5) is 26.4. The van der Waals surface area contributed by atoms with Gasteiger partial charge >= 0.3 is 18.3 Å². The molecule has 0 aliphatic carbocycles. The van der Waals surface area contributed by atoms with Gasteiger partial charge in [0.05, 0.1) is 24.8 Å². The van der Waals surface area contributed by atoms with Gasteiger partial charge in [0.1, 0.15) is 5.75 Å². The predicted molar refractivity (Wildman–Crippen MR) is 118 cm³/mol. The average Bonchev–Trinajstić information content (AvgIpc) is 2.80. The van der Waals surface area contributed by atoms with Crippen LogP contribution in [0.2, 0.25) is 0 Å². The minimum atomic E-state index is -5.38. The smallest absolute Gasteiger partial charge is 0.417 e. The number of para-hydroxylation sites is 1. The second-order valence-corrected chi connectivity index (χ2v) is 7.97. The van der Waals surface area contributed by atoms with Gasteiger partial charge in [0, 0.05) is 37.8 Å². The summed E-state index contributed by atoms with van der Waals surface area (Å²) in [5.74, 6) is -1.61. The molecule has 12 heteroatoms. The third-order valence-electron chi connectivity index (χ3n) is 5.67. The summed E-state index contributed by atoms with van der Waals surface area (Å²) < 4.78 is 88.0. The first kappa shape index (κ1) is 27.1. The highest BCUT2D eigenvalue weighted by Crippen LogP contribution is 2.46. The molecule has 1 fully saturated rings. The minimum absolute atomic E-state index is 0.116. The zero-order chi connectivity index (χ0) is 26.7. The molecule has 0 saturated carbocycles. The fraction of sp³-hybridized carbons (Fsp3) is 0.333. The van der Waals surface area contributed by atoms with Crippen LogP contribution in [0, 0.1) is 0 Å². The molecule has 6 nitrogen and oxygen atoms in total. The average molecular weight is 516 g/mol. The molecular formula is C24H22F6N2O4. The number of aliphatic carboxylic acids is 1. The van der Waals surface area contributed by atoms with Crippen LogP contribution in [-0.4, -0.2) is 66.6 Å². The molecular weight excluding hydrogens is 494 g/mol. The van der Waals surface area contributed by atoms with Gasteiger partial charge in [-0.3, -0.25) is 14.5 Å². The van der Waals surface area contributed by atoms with Gasteiger partial charge in [-0.15, -0.1) is 0 Å². The minimum Gasteiger partial charge on any atom is -0.496 e. The molecule has 194 valence electrons. The number of rotatable bonds is 6. The van der Waals surface area contributed by atoms with Crippen molar-refractivity contribution < 1.29 is 45.8 Å². The van der Waals surface area contributed by atoms with Crippen molar-refractivity contribution in [2.24, 2.45) is 0 Å². The largest absolute Gasteiger partial charge is 0.496 e. The Kier molecular flexibility index (Phi) is 7.97. The highest BCUT2D eigenvalue weighted by molar-refractivity contribution is 5.94. The molecule has 0 radical (unpaired) electrons. The number of amides is 1. The molecule has 0 spiro atoms. The Labute approximate surface area is 202 Å². The lowest BCUT2D eigenvalue weighted by Gasteiger charge is -2.33. The van der Waals surface area contributed by atoms with Crippen molar-refractivity contribution in [3.8, 4) is 16.9 Å². The van der Waals surface area contributed by atoms with Crippen molar-refractivity contribution in [3.63, 3.8) is 0 Å². The number of nitrogens with zero attached hydrogens (tertiary/aromatic N) is 2. The van der Waals surface area contributed by atoms with Crippen molar-refractivity contribution in [1.82, 2.24) is 9.80 Å². The zero-order valence-electron chi connectivity index (χ0n) is 19.0. The van der Waals surface area contributed by atoms with E-state index in [2.05, 4.69) is 0 Å². The number of ether oxygens (including phenoxy) is 1. The fourth-order valence-corrected chi connectivity index (χ4v) is 4.01. The first-order valence-corrected chi connectivity index (χ1v) is 10.7. The Hall–Kier alpha value is -3.54. The highest BCUT2D eigenvalue weighted by Gasteiger charge is 2.45. The summed E-state index contributed by atoms with van der Waals surface area (Å²) in [6, 6.07) is 7.20. The number of hydrogen-bond donors (Lipinski definition) is 1. The molecule has 2 aromatic carbocycles. The van der Waals surface area contributed by atoms with E-state index in [1.54, 1.807) is 11.0 Å². The van der Waals surface area contributed by atoms with E-state index >= 15 is 0 Å². The third kappa shape index (κ3) is 6.17. The summed E-state index contributed by atoms with van der Waals surface area (Å²) in [6.07, 6.45) is -9.13. The highest BCUT2D eigenvalue weighted by atomic mass is 19.4. The van der Waals surface area contributed by atoms with E-state index in [0.717, 1.165) is 18.2 Å². The van der Waals surface area contributed by atoms with Crippen LogP contribution < -0.4 is 4.74 Å². The zero-order valence-corrected chi connectivity index (χ0v) is 19.0. The van der Waals surface area contributed by atoms with E-state index in [0.29, 0.717) is 6.07 Å². The van der Waals surface area contributed by atoms with Crippen LogP contribution in [0.4, 0.5) is 26.3 Å². The van der Waals surface area contributed by atoms with Gasteiger partial charge in [0.25, 0.3) is 0 Å². The molecule has 0 bridgehead atoms. The van der Waals surface area contributed by atoms with Gasteiger partial charge in [-0.2, -0.15) is 26.3 Å². The van der Waals surface area contributed by atoms with Crippen molar-refractivity contribution >= 4 is 18.0 Å². The lowest BCUT2D eigenvalue weighted by molar-refractivity contribution is -0.162. The van der Waals surface area contributed by atoms with E-state index in [4.69, 9.17) is 9.84 Å². The van der Waals surface area contributed by atoms with E-state index < -0.39 is 40.9 Å². The van der Waals surface area contributed by atoms with Gasteiger partial charge in [-0.1, -0.05) is 24.3 Å². The molecule has 1 amide bonds. The van der Waals surface area contributed by atoms with E-state index in [9.17, 15) is 35.9 Å². The number of hydrogen-bond acceptors (Lipinski definition) is 4. The Morgan fingerprint density at radius 2 is 1.58 bits per heavy atom. The number of carbonyl (C=O) groups excluding carboxylic acids is 1. The number of carboxylic acid groups (broad SMARTS) is 1. The SMILES string of the molecule is COc1ccccc1-c1ccc(C(F)(F)F)c(C(F)(F)F)c1/C=C/C(=O)N1CCN(CC(=O)O)CC1. The van der Waals surface area contributed by atoms with Crippen molar-refractivity contribution in [2.75, 3.05) is 39.8 Å².